The second kappa shape index (κ2) is 6.17. The molecule has 2 unspecified atom stereocenters. The van der Waals surface area contributed by atoms with E-state index < -0.39 is 53.8 Å². The summed E-state index contributed by atoms with van der Waals surface area (Å²) in [6.45, 7) is 0.326. The maximum Gasteiger partial charge on any atom is 0.429 e. The molecule has 13 heteroatoms. The minimum atomic E-state index is -6.83. The Morgan fingerprint density at radius 1 is 1.00 bits per heavy atom. The third kappa shape index (κ3) is 3.87. The lowest BCUT2D eigenvalue weighted by Crippen LogP contribution is -2.67. The molecule has 0 aliphatic carbocycles. The third-order valence-electron chi connectivity index (χ3n) is 2.75. The monoisotopic (exact) mass is 366 g/mol. The molecule has 0 aromatic heterocycles. The van der Waals surface area contributed by atoms with Crippen LogP contribution in [-0.4, -0.2) is 46.5 Å². The zero-order chi connectivity index (χ0) is 19.0. The first kappa shape index (κ1) is 21.5. The highest BCUT2D eigenvalue weighted by Gasteiger charge is 2.79. The van der Waals surface area contributed by atoms with Crippen molar-refractivity contribution in [2.45, 2.75) is 37.2 Å². The Bertz CT molecular complexity index is 478. The lowest BCUT2D eigenvalue weighted by Gasteiger charge is -2.40. The van der Waals surface area contributed by atoms with Gasteiger partial charge in [-0.2, -0.15) is 26.3 Å². The van der Waals surface area contributed by atoms with Gasteiger partial charge in [0.2, 0.25) is 0 Å². The van der Waals surface area contributed by atoms with Gasteiger partial charge in [0.15, 0.2) is 0 Å². The van der Waals surface area contributed by atoms with Crippen LogP contribution in [0.4, 0.5) is 43.9 Å². The Morgan fingerprint density at radius 2 is 1.39 bits per heavy atom. The van der Waals surface area contributed by atoms with Crippen molar-refractivity contribution in [2.75, 3.05) is 0 Å². The second-order valence-electron chi connectivity index (χ2n) is 4.36. The number of rotatable bonds is 5. The number of aliphatic hydroxyl groups is 1. The first-order valence-electron chi connectivity index (χ1n) is 5.34. The van der Waals surface area contributed by atoms with Gasteiger partial charge in [0.1, 0.15) is 5.92 Å². The van der Waals surface area contributed by atoms with E-state index in [1.165, 1.54) is 0 Å². The standard InChI is InChI=1S/C10H8F10O3/c1-3(5(21)22)2-4(9(15,16)17)8(13,14)7(23,6(11)12)10(18,19)20/h2,4,6,23H,1H3,(H,21,22). The van der Waals surface area contributed by atoms with Crippen molar-refractivity contribution in [1.29, 1.82) is 0 Å². The molecular weight excluding hydrogens is 358 g/mol. The number of halogens is 10. The Hall–Kier alpha value is -1.53. The molecule has 0 bridgehead atoms. The Kier molecular flexibility index (Phi) is 5.76. The molecule has 136 valence electrons. The minimum absolute atomic E-state index is 0.326. The van der Waals surface area contributed by atoms with Gasteiger partial charge >= 0.3 is 24.2 Å². The van der Waals surface area contributed by atoms with E-state index in [4.69, 9.17) is 10.2 Å². The van der Waals surface area contributed by atoms with E-state index in [9.17, 15) is 48.7 Å². The molecule has 0 aliphatic heterocycles. The highest BCUT2D eigenvalue weighted by atomic mass is 19.4. The van der Waals surface area contributed by atoms with Crippen LogP contribution in [0.25, 0.3) is 0 Å². The molecule has 0 saturated carbocycles. The summed E-state index contributed by atoms with van der Waals surface area (Å²) in [5.41, 5.74) is -7.82. The number of carboxylic acid groups (broad SMARTS) is 1. The molecule has 2 N–H and O–H groups in total. The van der Waals surface area contributed by atoms with Crippen molar-refractivity contribution >= 4 is 5.97 Å². The molecule has 0 aromatic carbocycles. The predicted molar refractivity (Wildman–Crippen MR) is 52.9 cm³/mol. The largest absolute Gasteiger partial charge is 0.478 e. The topological polar surface area (TPSA) is 57.5 Å². The molecule has 0 radical (unpaired) electrons. The quantitative estimate of drug-likeness (QED) is 0.579. The summed E-state index contributed by atoms with van der Waals surface area (Å²) in [7, 11) is 0. The molecule has 0 rings (SSSR count). The fourth-order valence-electron chi connectivity index (χ4n) is 1.42. The van der Waals surface area contributed by atoms with Crippen LogP contribution in [0, 0.1) is 5.92 Å². The Labute approximate surface area is 121 Å². The van der Waals surface area contributed by atoms with Gasteiger partial charge in [-0.05, 0) is 6.92 Å². The van der Waals surface area contributed by atoms with Crippen LogP contribution in [0.15, 0.2) is 11.6 Å². The molecule has 2 atom stereocenters. The molecule has 0 saturated heterocycles. The fraction of sp³-hybridized carbons (Fsp3) is 0.700. The van der Waals surface area contributed by atoms with E-state index in [2.05, 4.69) is 0 Å². The number of carboxylic acids is 1. The van der Waals surface area contributed by atoms with Gasteiger partial charge in [0.05, 0.1) is 0 Å². The molecule has 0 spiro atoms. The maximum atomic E-state index is 13.6. The fourth-order valence-corrected chi connectivity index (χ4v) is 1.42. The Balaban J connectivity index is 6.44. The van der Waals surface area contributed by atoms with Gasteiger partial charge in [0.25, 0.3) is 12.0 Å². The number of alkyl halides is 10. The lowest BCUT2D eigenvalue weighted by atomic mass is 9.83. The normalized spacial score (nSPS) is 18.7. The summed E-state index contributed by atoms with van der Waals surface area (Å²) >= 11 is 0. The number of carbonyl (C=O) groups is 1. The van der Waals surface area contributed by atoms with E-state index in [1.54, 1.807) is 0 Å². The highest BCUT2D eigenvalue weighted by Crippen LogP contribution is 2.53. The number of hydrogen-bond acceptors (Lipinski definition) is 2. The van der Waals surface area contributed by atoms with Gasteiger partial charge in [-0.1, -0.05) is 6.08 Å². The van der Waals surface area contributed by atoms with Crippen molar-refractivity contribution in [2.24, 2.45) is 5.92 Å². The van der Waals surface area contributed by atoms with E-state index in [0.717, 1.165) is 0 Å². The van der Waals surface area contributed by atoms with Crippen molar-refractivity contribution in [3.8, 4) is 0 Å². The summed E-state index contributed by atoms with van der Waals surface area (Å²) in [6.07, 6.45) is -19.3. The van der Waals surface area contributed by atoms with Crippen LogP contribution in [-0.2, 0) is 4.79 Å². The maximum absolute atomic E-state index is 13.6. The summed E-state index contributed by atoms with van der Waals surface area (Å²) in [6, 6.07) is 0. The van der Waals surface area contributed by atoms with E-state index in [0.29, 0.717) is 6.92 Å². The zero-order valence-electron chi connectivity index (χ0n) is 10.8. The highest BCUT2D eigenvalue weighted by molar-refractivity contribution is 5.85. The van der Waals surface area contributed by atoms with Crippen LogP contribution in [0.1, 0.15) is 6.92 Å². The van der Waals surface area contributed by atoms with Crippen LogP contribution in [0.5, 0.6) is 0 Å². The van der Waals surface area contributed by atoms with Gasteiger partial charge in [-0.3, -0.25) is 0 Å². The second-order valence-corrected chi connectivity index (χ2v) is 4.36. The van der Waals surface area contributed by atoms with Gasteiger partial charge < -0.3 is 10.2 Å². The van der Waals surface area contributed by atoms with Crippen LogP contribution < -0.4 is 0 Å². The summed E-state index contributed by atoms with van der Waals surface area (Å²) in [5.74, 6) is -13.3. The van der Waals surface area contributed by atoms with Crippen molar-refractivity contribution in [3.05, 3.63) is 11.6 Å². The molecule has 3 nitrogen and oxygen atoms in total. The van der Waals surface area contributed by atoms with E-state index >= 15 is 0 Å². The van der Waals surface area contributed by atoms with Crippen molar-refractivity contribution in [1.82, 2.24) is 0 Å². The van der Waals surface area contributed by atoms with Gasteiger partial charge in [-0.15, -0.1) is 0 Å². The summed E-state index contributed by atoms with van der Waals surface area (Å²) in [4.78, 5) is 10.4. The molecule has 0 aromatic rings. The SMILES string of the molecule is CC(=CC(C(F)(F)F)C(F)(F)C(O)(C(F)F)C(F)(F)F)C(=O)O. The number of aliphatic carboxylic acids is 1. The zero-order valence-corrected chi connectivity index (χ0v) is 10.8. The summed E-state index contributed by atoms with van der Waals surface area (Å²) < 4.78 is 127. The molecule has 23 heavy (non-hydrogen) atoms. The summed E-state index contributed by atoms with van der Waals surface area (Å²) in [5, 5.41) is 17.0. The van der Waals surface area contributed by atoms with Crippen molar-refractivity contribution in [3.63, 3.8) is 0 Å². The van der Waals surface area contributed by atoms with Crippen molar-refractivity contribution < 1.29 is 58.9 Å². The average Bonchev–Trinajstić information content (AvgIpc) is 2.30. The first-order chi connectivity index (χ1) is 9.90. The van der Waals surface area contributed by atoms with Crippen LogP contribution in [0.2, 0.25) is 0 Å². The molecule has 0 aliphatic rings. The third-order valence-corrected chi connectivity index (χ3v) is 2.75. The van der Waals surface area contributed by atoms with Crippen LogP contribution >= 0.6 is 0 Å². The van der Waals surface area contributed by atoms with Crippen LogP contribution in [0.3, 0.4) is 0 Å². The lowest BCUT2D eigenvalue weighted by molar-refractivity contribution is -0.388. The van der Waals surface area contributed by atoms with E-state index in [-0.39, 0.29) is 0 Å². The molecule has 0 amide bonds. The van der Waals surface area contributed by atoms with Gasteiger partial charge in [-0.25, -0.2) is 22.4 Å². The Morgan fingerprint density at radius 3 is 1.61 bits per heavy atom. The number of allylic oxidation sites excluding steroid dienone is 1. The average molecular weight is 366 g/mol. The number of hydrogen-bond donors (Lipinski definition) is 2. The minimum Gasteiger partial charge on any atom is -0.478 e. The molecule has 0 heterocycles. The van der Waals surface area contributed by atoms with Gasteiger partial charge in [0, 0.05) is 5.57 Å². The first-order valence-corrected chi connectivity index (χ1v) is 5.34. The smallest absolute Gasteiger partial charge is 0.429 e. The molecular formula is C10H8F10O3. The predicted octanol–water partition coefficient (Wildman–Crippen LogP) is 3.39. The van der Waals surface area contributed by atoms with E-state index in [1.807, 2.05) is 0 Å². The molecule has 0 fully saturated rings.